The molecule has 2 aromatic carbocycles. The van der Waals surface area contributed by atoms with Crippen molar-refractivity contribution in [3.05, 3.63) is 65.4 Å². The van der Waals surface area contributed by atoms with E-state index in [-0.39, 0.29) is 6.79 Å². The normalized spacial score (nSPS) is 11.7. The van der Waals surface area contributed by atoms with Gasteiger partial charge in [0.2, 0.25) is 12.7 Å². The van der Waals surface area contributed by atoms with E-state index in [1.807, 2.05) is 43.3 Å². The molecule has 1 aromatic heterocycles. The summed E-state index contributed by atoms with van der Waals surface area (Å²) < 4.78 is 10.7. The van der Waals surface area contributed by atoms with E-state index >= 15 is 0 Å². The molecular formula is C20H17N5O2. The number of aryl methyl sites for hydroxylation is 1. The molecule has 2 N–H and O–H groups in total. The van der Waals surface area contributed by atoms with Crippen molar-refractivity contribution in [1.82, 2.24) is 9.97 Å². The van der Waals surface area contributed by atoms with Crippen LogP contribution in [-0.2, 0) is 6.54 Å². The molecule has 0 unspecified atom stereocenters. The van der Waals surface area contributed by atoms with Gasteiger partial charge in [0.15, 0.2) is 11.5 Å². The highest BCUT2D eigenvalue weighted by molar-refractivity contribution is 5.57. The lowest BCUT2D eigenvalue weighted by Crippen LogP contribution is -2.05. The fraction of sp³-hybridized carbons (Fsp3) is 0.150. The third-order valence-corrected chi connectivity index (χ3v) is 4.01. The monoisotopic (exact) mass is 359 g/mol. The summed E-state index contributed by atoms with van der Waals surface area (Å²) in [6.07, 6.45) is 0. The van der Waals surface area contributed by atoms with Crippen LogP contribution < -0.4 is 20.1 Å². The maximum atomic E-state index is 9.02. The van der Waals surface area contributed by atoms with Crippen LogP contribution in [0.4, 0.5) is 17.5 Å². The molecular weight excluding hydrogens is 342 g/mol. The zero-order chi connectivity index (χ0) is 18.6. The molecule has 1 aliphatic heterocycles. The first-order valence-electron chi connectivity index (χ1n) is 8.45. The average molecular weight is 359 g/mol. The number of rotatable bonds is 5. The van der Waals surface area contributed by atoms with Crippen LogP contribution in [0, 0.1) is 18.3 Å². The lowest BCUT2D eigenvalue weighted by molar-refractivity contribution is 0.174. The Morgan fingerprint density at radius 3 is 2.85 bits per heavy atom. The Morgan fingerprint density at radius 2 is 1.96 bits per heavy atom. The van der Waals surface area contributed by atoms with Crippen molar-refractivity contribution in [1.29, 1.82) is 5.26 Å². The Balaban J connectivity index is 1.48. The molecule has 134 valence electrons. The number of nitrogens with zero attached hydrogens (tertiary/aromatic N) is 3. The minimum absolute atomic E-state index is 0.263. The lowest BCUT2D eigenvalue weighted by Gasteiger charge is -2.10. The van der Waals surface area contributed by atoms with Gasteiger partial charge in [0.05, 0.1) is 11.6 Å². The standard InChI is InChI=1S/C20H17N5O2/c1-13-7-19(22-11-15-5-6-17-18(9-15)27-12-26-17)25-20(23-13)24-16-4-2-3-14(8-16)10-21/h2-9H,11-12H2,1H3,(H2,22,23,24,25). The van der Waals surface area contributed by atoms with E-state index in [4.69, 9.17) is 14.7 Å². The van der Waals surface area contributed by atoms with Crippen LogP contribution in [0.2, 0.25) is 0 Å². The van der Waals surface area contributed by atoms with Crippen LogP contribution in [-0.4, -0.2) is 16.8 Å². The smallest absolute Gasteiger partial charge is 0.231 e. The van der Waals surface area contributed by atoms with Gasteiger partial charge in [-0.25, -0.2) is 4.98 Å². The van der Waals surface area contributed by atoms with Crippen LogP contribution in [0.25, 0.3) is 0 Å². The maximum Gasteiger partial charge on any atom is 0.231 e. The van der Waals surface area contributed by atoms with E-state index in [1.54, 1.807) is 12.1 Å². The Kier molecular flexibility index (Phi) is 4.45. The SMILES string of the molecule is Cc1cc(NCc2ccc3c(c2)OCO3)nc(Nc2cccc(C#N)c2)n1. The van der Waals surface area contributed by atoms with Gasteiger partial charge in [-0.3, -0.25) is 0 Å². The van der Waals surface area contributed by atoms with Crippen LogP contribution >= 0.6 is 0 Å². The summed E-state index contributed by atoms with van der Waals surface area (Å²) in [5.41, 5.74) is 3.24. The lowest BCUT2D eigenvalue weighted by atomic mass is 10.2. The van der Waals surface area contributed by atoms with Crippen molar-refractivity contribution < 1.29 is 9.47 Å². The van der Waals surface area contributed by atoms with Gasteiger partial charge in [0.25, 0.3) is 0 Å². The third-order valence-electron chi connectivity index (χ3n) is 4.01. The average Bonchev–Trinajstić information content (AvgIpc) is 3.14. The van der Waals surface area contributed by atoms with Gasteiger partial charge in [-0.1, -0.05) is 12.1 Å². The summed E-state index contributed by atoms with van der Waals surface area (Å²) in [5, 5.41) is 15.5. The molecule has 0 radical (unpaired) electrons. The quantitative estimate of drug-likeness (QED) is 0.717. The Labute approximate surface area is 156 Å². The molecule has 4 rings (SSSR count). The van der Waals surface area contributed by atoms with Crippen molar-refractivity contribution >= 4 is 17.5 Å². The number of hydrogen-bond donors (Lipinski definition) is 2. The molecule has 1 aliphatic rings. The molecule has 0 fully saturated rings. The number of benzene rings is 2. The number of fused-ring (bicyclic) bond motifs is 1. The molecule has 0 saturated carbocycles. The summed E-state index contributed by atoms with van der Waals surface area (Å²) >= 11 is 0. The number of aromatic nitrogens is 2. The number of anilines is 3. The molecule has 3 aromatic rings. The zero-order valence-corrected chi connectivity index (χ0v) is 14.7. The van der Waals surface area contributed by atoms with Gasteiger partial charge in [0.1, 0.15) is 5.82 Å². The van der Waals surface area contributed by atoms with E-state index < -0.39 is 0 Å². The first kappa shape index (κ1) is 16.7. The predicted octanol–water partition coefficient (Wildman–Crippen LogP) is 3.74. The number of hydrogen-bond acceptors (Lipinski definition) is 7. The topological polar surface area (TPSA) is 92.1 Å². The summed E-state index contributed by atoms with van der Waals surface area (Å²) in [5.74, 6) is 2.70. The van der Waals surface area contributed by atoms with E-state index in [2.05, 4.69) is 26.7 Å². The molecule has 0 atom stereocenters. The summed E-state index contributed by atoms with van der Waals surface area (Å²) in [7, 11) is 0. The van der Waals surface area contributed by atoms with Crippen LogP contribution in [0.3, 0.4) is 0 Å². The first-order chi connectivity index (χ1) is 13.2. The highest BCUT2D eigenvalue weighted by atomic mass is 16.7. The Morgan fingerprint density at radius 1 is 1.07 bits per heavy atom. The molecule has 0 saturated heterocycles. The first-order valence-corrected chi connectivity index (χ1v) is 8.45. The van der Waals surface area contributed by atoms with Crippen molar-refractivity contribution in [2.45, 2.75) is 13.5 Å². The second kappa shape index (κ2) is 7.22. The van der Waals surface area contributed by atoms with E-state index in [0.29, 0.717) is 23.9 Å². The highest BCUT2D eigenvalue weighted by Crippen LogP contribution is 2.32. The fourth-order valence-corrected chi connectivity index (χ4v) is 2.75. The van der Waals surface area contributed by atoms with Gasteiger partial charge < -0.3 is 20.1 Å². The number of nitrogens with one attached hydrogen (secondary N) is 2. The van der Waals surface area contributed by atoms with Crippen molar-refractivity contribution in [2.24, 2.45) is 0 Å². The predicted molar refractivity (Wildman–Crippen MR) is 101 cm³/mol. The zero-order valence-electron chi connectivity index (χ0n) is 14.7. The van der Waals surface area contributed by atoms with Crippen molar-refractivity contribution in [3.63, 3.8) is 0 Å². The van der Waals surface area contributed by atoms with Gasteiger partial charge in [-0.2, -0.15) is 10.2 Å². The number of nitriles is 1. The Hall–Kier alpha value is -3.79. The van der Waals surface area contributed by atoms with Gasteiger partial charge in [-0.05, 0) is 42.8 Å². The second-order valence-electron chi connectivity index (χ2n) is 6.08. The molecule has 0 aliphatic carbocycles. The minimum atomic E-state index is 0.263. The largest absolute Gasteiger partial charge is 0.454 e. The molecule has 27 heavy (non-hydrogen) atoms. The van der Waals surface area contributed by atoms with Crippen LogP contribution in [0.15, 0.2) is 48.5 Å². The van der Waals surface area contributed by atoms with Gasteiger partial charge in [-0.15, -0.1) is 0 Å². The molecule has 0 amide bonds. The van der Waals surface area contributed by atoms with E-state index in [0.717, 1.165) is 28.4 Å². The van der Waals surface area contributed by atoms with E-state index in [1.165, 1.54) is 0 Å². The maximum absolute atomic E-state index is 9.02. The second-order valence-corrected chi connectivity index (χ2v) is 6.08. The van der Waals surface area contributed by atoms with Gasteiger partial charge in [0, 0.05) is 24.0 Å². The molecule has 0 spiro atoms. The van der Waals surface area contributed by atoms with Crippen molar-refractivity contribution in [2.75, 3.05) is 17.4 Å². The molecule has 0 bridgehead atoms. The number of ether oxygens (including phenoxy) is 2. The fourth-order valence-electron chi connectivity index (χ4n) is 2.75. The molecule has 2 heterocycles. The summed E-state index contributed by atoms with van der Waals surface area (Å²) in [6, 6.07) is 17.0. The molecule has 7 nitrogen and oxygen atoms in total. The Bertz CT molecular complexity index is 1030. The summed E-state index contributed by atoms with van der Waals surface area (Å²) in [6.45, 7) is 2.76. The van der Waals surface area contributed by atoms with Crippen molar-refractivity contribution in [3.8, 4) is 17.6 Å². The molecule has 7 heteroatoms. The highest BCUT2D eigenvalue weighted by Gasteiger charge is 2.13. The summed E-state index contributed by atoms with van der Waals surface area (Å²) in [4.78, 5) is 8.90. The van der Waals surface area contributed by atoms with Gasteiger partial charge >= 0.3 is 0 Å². The minimum Gasteiger partial charge on any atom is -0.454 e. The van der Waals surface area contributed by atoms with Crippen LogP contribution in [0.5, 0.6) is 11.5 Å². The third kappa shape index (κ3) is 3.90. The van der Waals surface area contributed by atoms with Crippen LogP contribution in [0.1, 0.15) is 16.8 Å². The van der Waals surface area contributed by atoms with E-state index in [9.17, 15) is 0 Å².